The fourth-order valence-electron chi connectivity index (χ4n) is 5.31. The summed E-state index contributed by atoms with van der Waals surface area (Å²) in [5.74, 6) is -0.384. The third kappa shape index (κ3) is 4.37. The highest BCUT2D eigenvalue weighted by Crippen LogP contribution is 2.43. The van der Waals surface area contributed by atoms with E-state index in [1.165, 1.54) is 6.21 Å². The van der Waals surface area contributed by atoms with Crippen LogP contribution in [0.15, 0.2) is 53.6 Å². The fourth-order valence-corrected chi connectivity index (χ4v) is 5.31. The number of aromatic nitrogens is 1. The summed E-state index contributed by atoms with van der Waals surface area (Å²) in [4.78, 5) is 15.0. The van der Waals surface area contributed by atoms with Crippen LogP contribution in [0.4, 0.5) is 10.1 Å². The molecule has 4 rings (SSSR count). The zero-order valence-corrected chi connectivity index (χ0v) is 20.8. The summed E-state index contributed by atoms with van der Waals surface area (Å²) in [6.07, 6.45) is 2.38. The topological polar surface area (TPSA) is 49.6 Å². The highest BCUT2D eigenvalue weighted by atomic mass is 19.1. The summed E-state index contributed by atoms with van der Waals surface area (Å²) in [6.45, 7) is 13.5. The predicted octanol–water partition coefficient (Wildman–Crippen LogP) is 6.11. The monoisotopic (exact) mass is 460 g/mol. The van der Waals surface area contributed by atoms with Gasteiger partial charge in [0.15, 0.2) is 0 Å². The molecular formula is C28H33FN4O. The van der Waals surface area contributed by atoms with E-state index in [0.717, 1.165) is 41.3 Å². The summed E-state index contributed by atoms with van der Waals surface area (Å²) in [7, 11) is 0. The molecule has 0 radical (unpaired) electrons. The number of hydrogen-bond acceptors (Lipinski definition) is 3. The Labute approximate surface area is 201 Å². The molecule has 3 aromatic rings. The standard InChI is InChI=1S/C28H33FN4O/c1-7-32-26-15-25(29)22(14-24(26)18(2)16-28(32,5)6)17-30-31-27(34)21-9-8-10-23(13-21)33-19(3)11-12-20(33)4/h8-15,17-18H,7,16H2,1-6H3,(H,31,34)/b30-17-. The van der Waals surface area contributed by atoms with Gasteiger partial charge in [-0.2, -0.15) is 5.10 Å². The van der Waals surface area contributed by atoms with Crippen molar-refractivity contribution in [2.45, 2.75) is 59.4 Å². The number of nitrogens with zero attached hydrogens (tertiary/aromatic N) is 3. The van der Waals surface area contributed by atoms with Gasteiger partial charge in [-0.1, -0.05) is 13.0 Å². The molecule has 0 spiro atoms. The van der Waals surface area contributed by atoms with Gasteiger partial charge in [-0.3, -0.25) is 4.79 Å². The van der Waals surface area contributed by atoms with Crippen molar-refractivity contribution in [3.63, 3.8) is 0 Å². The Balaban J connectivity index is 1.54. The zero-order valence-electron chi connectivity index (χ0n) is 20.8. The molecule has 1 aliphatic heterocycles. The molecule has 1 aromatic heterocycles. The lowest BCUT2D eigenvalue weighted by molar-refractivity contribution is 0.0955. The molecule has 1 N–H and O–H groups in total. The lowest BCUT2D eigenvalue weighted by Crippen LogP contribution is -2.48. The highest BCUT2D eigenvalue weighted by molar-refractivity contribution is 5.95. The van der Waals surface area contributed by atoms with Gasteiger partial charge < -0.3 is 9.47 Å². The van der Waals surface area contributed by atoms with Crippen LogP contribution in [0.25, 0.3) is 5.69 Å². The van der Waals surface area contributed by atoms with Gasteiger partial charge in [0.2, 0.25) is 0 Å². The quantitative estimate of drug-likeness (QED) is 0.369. The van der Waals surface area contributed by atoms with Crippen LogP contribution in [0.1, 0.15) is 72.9 Å². The number of nitrogens with one attached hydrogen (secondary N) is 1. The molecule has 1 atom stereocenters. The van der Waals surface area contributed by atoms with Crippen molar-refractivity contribution in [2.24, 2.45) is 5.10 Å². The Bertz CT molecular complexity index is 1240. The van der Waals surface area contributed by atoms with E-state index in [2.05, 4.69) is 47.7 Å². The first-order valence-electron chi connectivity index (χ1n) is 11.8. The molecule has 0 fully saturated rings. The molecule has 2 aromatic carbocycles. The Kier molecular flexibility index (Phi) is 6.34. The van der Waals surface area contributed by atoms with Crippen molar-refractivity contribution < 1.29 is 9.18 Å². The lowest BCUT2D eigenvalue weighted by atomic mass is 9.79. The normalized spacial score (nSPS) is 17.1. The largest absolute Gasteiger partial charge is 0.366 e. The Hall–Kier alpha value is -3.41. The van der Waals surface area contributed by atoms with Gasteiger partial charge in [0.05, 0.1) is 6.21 Å². The minimum atomic E-state index is -0.347. The van der Waals surface area contributed by atoms with Crippen LogP contribution in [-0.2, 0) is 0 Å². The molecule has 1 unspecified atom stereocenters. The average Bonchev–Trinajstić information content (AvgIpc) is 3.12. The number of carbonyl (C=O) groups is 1. The van der Waals surface area contributed by atoms with Crippen molar-refractivity contribution in [3.8, 4) is 5.69 Å². The van der Waals surface area contributed by atoms with Crippen molar-refractivity contribution in [1.82, 2.24) is 9.99 Å². The Morgan fingerprint density at radius 3 is 2.56 bits per heavy atom. The summed E-state index contributed by atoms with van der Waals surface area (Å²) in [5.41, 5.74) is 8.53. The molecule has 2 heterocycles. The summed E-state index contributed by atoms with van der Waals surface area (Å²) >= 11 is 0. The predicted molar refractivity (Wildman–Crippen MR) is 137 cm³/mol. The number of aryl methyl sites for hydroxylation is 2. The molecule has 34 heavy (non-hydrogen) atoms. The van der Waals surface area contributed by atoms with Gasteiger partial charge in [0.1, 0.15) is 5.82 Å². The van der Waals surface area contributed by atoms with E-state index in [9.17, 15) is 9.18 Å². The van der Waals surface area contributed by atoms with Gasteiger partial charge in [0.25, 0.3) is 5.91 Å². The van der Waals surface area contributed by atoms with Crippen LogP contribution in [0.3, 0.4) is 0 Å². The molecule has 0 aliphatic carbocycles. The first kappa shape index (κ1) is 23.7. The fraction of sp³-hybridized carbons (Fsp3) is 0.357. The number of carbonyl (C=O) groups excluding carboxylic acids is 1. The van der Waals surface area contributed by atoms with E-state index in [1.807, 2.05) is 50.2 Å². The lowest BCUT2D eigenvalue weighted by Gasteiger charge is -2.47. The molecule has 1 amide bonds. The van der Waals surface area contributed by atoms with E-state index in [-0.39, 0.29) is 17.3 Å². The smallest absolute Gasteiger partial charge is 0.271 e. The molecular weight excluding hydrogens is 427 g/mol. The molecule has 178 valence electrons. The third-order valence-electron chi connectivity index (χ3n) is 6.83. The van der Waals surface area contributed by atoms with Crippen molar-refractivity contribution >= 4 is 17.8 Å². The minimum Gasteiger partial charge on any atom is -0.366 e. The zero-order chi connectivity index (χ0) is 24.6. The van der Waals surface area contributed by atoms with E-state index in [0.29, 0.717) is 17.0 Å². The van der Waals surface area contributed by atoms with Crippen LogP contribution in [0, 0.1) is 19.7 Å². The Morgan fingerprint density at radius 1 is 1.18 bits per heavy atom. The summed E-state index contributed by atoms with van der Waals surface area (Å²) in [6, 6.07) is 14.9. The van der Waals surface area contributed by atoms with Crippen molar-refractivity contribution in [3.05, 3.63) is 82.4 Å². The number of hydrazone groups is 1. The number of halogens is 1. The number of amides is 1. The highest BCUT2D eigenvalue weighted by Gasteiger charge is 2.36. The van der Waals surface area contributed by atoms with E-state index in [1.54, 1.807) is 12.1 Å². The second kappa shape index (κ2) is 9.09. The van der Waals surface area contributed by atoms with Gasteiger partial charge in [0, 0.05) is 46.0 Å². The molecule has 0 saturated heterocycles. The first-order chi connectivity index (χ1) is 16.1. The van der Waals surface area contributed by atoms with Crippen LogP contribution in [0.2, 0.25) is 0 Å². The SMILES string of the molecule is CCN1c2cc(F)c(/C=N\NC(=O)c3cccc(-n4c(C)ccc4C)c3)cc2C(C)CC1(C)C. The van der Waals surface area contributed by atoms with Gasteiger partial charge >= 0.3 is 0 Å². The number of hydrogen-bond donors (Lipinski definition) is 1. The van der Waals surface area contributed by atoms with Gasteiger partial charge in [-0.25, -0.2) is 9.82 Å². The van der Waals surface area contributed by atoms with Gasteiger partial charge in [-0.05, 0) is 95.0 Å². The average molecular weight is 461 g/mol. The summed E-state index contributed by atoms with van der Waals surface area (Å²) < 4.78 is 17.1. The third-order valence-corrected chi connectivity index (χ3v) is 6.83. The minimum absolute atomic E-state index is 0.0243. The number of benzene rings is 2. The number of rotatable bonds is 5. The van der Waals surface area contributed by atoms with Crippen molar-refractivity contribution in [1.29, 1.82) is 0 Å². The molecule has 0 saturated carbocycles. The molecule has 0 bridgehead atoms. The maximum absolute atomic E-state index is 15.0. The van der Waals surface area contributed by atoms with Crippen LogP contribution in [-0.4, -0.2) is 28.8 Å². The number of fused-ring (bicyclic) bond motifs is 1. The van der Waals surface area contributed by atoms with Crippen LogP contribution in [0.5, 0.6) is 0 Å². The molecule has 6 heteroatoms. The van der Waals surface area contributed by atoms with E-state index in [4.69, 9.17) is 0 Å². The molecule has 1 aliphatic rings. The first-order valence-corrected chi connectivity index (χ1v) is 11.8. The molecule has 5 nitrogen and oxygen atoms in total. The maximum Gasteiger partial charge on any atom is 0.271 e. The summed E-state index contributed by atoms with van der Waals surface area (Å²) in [5, 5.41) is 4.06. The van der Waals surface area contributed by atoms with Crippen LogP contribution >= 0.6 is 0 Å². The van der Waals surface area contributed by atoms with E-state index >= 15 is 0 Å². The van der Waals surface area contributed by atoms with Crippen LogP contribution < -0.4 is 10.3 Å². The van der Waals surface area contributed by atoms with E-state index < -0.39 is 0 Å². The Morgan fingerprint density at radius 2 is 1.88 bits per heavy atom. The maximum atomic E-state index is 15.0. The van der Waals surface area contributed by atoms with Crippen molar-refractivity contribution in [2.75, 3.05) is 11.4 Å². The number of anilines is 1. The second-order valence-electron chi connectivity index (χ2n) is 9.80. The second-order valence-corrected chi connectivity index (χ2v) is 9.80. The van der Waals surface area contributed by atoms with Gasteiger partial charge in [-0.15, -0.1) is 0 Å².